The Morgan fingerprint density at radius 1 is 0.615 bits per heavy atom. The van der Waals surface area contributed by atoms with E-state index in [2.05, 4.69) is 16.0 Å². The van der Waals surface area contributed by atoms with Crippen molar-refractivity contribution in [1.29, 1.82) is 0 Å². The molecule has 0 aromatic heterocycles. The van der Waals surface area contributed by atoms with Crippen molar-refractivity contribution >= 4 is 23.7 Å². The molecule has 3 rings (SSSR count). The second-order valence-electron chi connectivity index (χ2n) is 9.03. The smallest absolute Gasteiger partial charge is 0.326 e. The van der Waals surface area contributed by atoms with Gasteiger partial charge in [-0.3, -0.25) is 14.4 Å². The van der Waals surface area contributed by atoms with Gasteiger partial charge in [0.1, 0.15) is 23.9 Å². The highest BCUT2D eigenvalue weighted by Gasteiger charge is 2.30. The zero-order chi connectivity index (χ0) is 28.2. The summed E-state index contributed by atoms with van der Waals surface area (Å²) >= 11 is 0. The van der Waals surface area contributed by atoms with Crippen LogP contribution in [0.3, 0.4) is 0 Å². The highest BCUT2D eigenvalue weighted by Crippen LogP contribution is 2.12. The van der Waals surface area contributed by atoms with Crippen molar-refractivity contribution in [3.63, 3.8) is 0 Å². The minimum absolute atomic E-state index is 0.0498. The van der Waals surface area contributed by atoms with E-state index in [-0.39, 0.29) is 31.6 Å². The van der Waals surface area contributed by atoms with Gasteiger partial charge in [-0.15, -0.1) is 0 Å². The number of hydrogen-bond acceptors (Lipinski definition) is 6. The van der Waals surface area contributed by atoms with Crippen LogP contribution in [0.2, 0.25) is 0 Å². The van der Waals surface area contributed by atoms with Gasteiger partial charge in [0.15, 0.2) is 0 Å². The molecule has 10 nitrogen and oxygen atoms in total. The number of hydrogen-bond donors (Lipinski definition) is 6. The Morgan fingerprint density at radius 3 is 1.49 bits per heavy atom. The minimum Gasteiger partial charge on any atom is -0.508 e. The molecule has 3 unspecified atom stereocenters. The van der Waals surface area contributed by atoms with E-state index in [4.69, 9.17) is 5.73 Å². The zero-order valence-electron chi connectivity index (χ0n) is 21.2. The summed E-state index contributed by atoms with van der Waals surface area (Å²) in [6.07, 6.45) is 0.222. The molecule has 0 aliphatic heterocycles. The summed E-state index contributed by atoms with van der Waals surface area (Å²) in [6, 6.07) is 20.6. The molecule has 3 aromatic rings. The molecular weight excluding hydrogens is 500 g/mol. The van der Waals surface area contributed by atoms with Gasteiger partial charge >= 0.3 is 5.97 Å². The first-order valence-corrected chi connectivity index (χ1v) is 12.4. The Bertz CT molecular complexity index is 1250. The maximum Gasteiger partial charge on any atom is 0.326 e. The number of phenolic OH excluding ortho intramolecular Hbond substituents is 1. The lowest BCUT2D eigenvalue weighted by Crippen LogP contribution is -2.57. The van der Waals surface area contributed by atoms with Crippen molar-refractivity contribution < 1.29 is 29.4 Å². The number of nitrogens with two attached hydrogens (primary N) is 1. The van der Waals surface area contributed by atoms with Gasteiger partial charge in [0.05, 0.1) is 6.54 Å². The number of carboxylic acid groups (broad SMARTS) is 1. The highest BCUT2D eigenvalue weighted by atomic mass is 16.4. The number of aromatic hydroxyl groups is 1. The van der Waals surface area contributed by atoms with Crippen molar-refractivity contribution in [2.45, 2.75) is 37.4 Å². The molecule has 0 aliphatic rings. The molecule has 0 saturated heterocycles. The number of carboxylic acids is 1. The molecule has 3 amide bonds. The number of phenols is 1. The quantitative estimate of drug-likeness (QED) is 0.190. The second-order valence-corrected chi connectivity index (χ2v) is 9.03. The molecule has 39 heavy (non-hydrogen) atoms. The number of nitrogens with one attached hydrogen (secondary N) is 3. The van der Waals surface area contributed by atoms with Crippen LogP contribution in [0.1, 0.15) is 16.7 Å². The number of carbonyl (C=O) groups is 4. The maximum absolute atomic E-state index is 13.4. The van der Waals surface area contributed by atoms with Gasteiger partial charge in [0, 0.05) is 19.3 Å². The minimum atomic E-state index is -1.22. The first-order chi connectivity index (χ1) is 18.7. The van der Waals surface area contributed by atoms with E-state index in [1.165, 1.54) is 12.1 Å². The fourth-order valence-electron chi connectivity index (χ4n) is 3.98. The maximum atomic E-state index is 13.4. The van der Waals surface area contributed by atoms with E-state index < -0.39 is 41.8 Å². The number of carbonyl (C=O) groups excluding carboxylic acids is 3. The van der Waals surface area contributed by atoms with Crippen LogP contribution in [0.15, 0.2) is 84.9 Å². The van der Waals surface area contributed by atoms with Crippen molar-refractivity contribution in [2.24, 2.45) is 5.73 Å². The van der Waals surface area contributed by atoms with E-state index in [1.54, 1.807) is 66.7 Å². The van der Waals surface area contributed by atoms with E-state index in [0.717, 1.165) is 11.1 Å². The third-order valence-corrected chi connectivity index (χ3v) is 6.03. The molecule has 0 saturated carbocycles. The number of aliphatic carboxylic acids is 1. The normalized spacial score (nSPS) is 12.9. The standard InChI is InChI=1S/C29H32N4O6/c30-18-26(35)31-23(16-21-11-13-22(34)14-12-21)27(36)32-24(15-19-7-3-1-4-8-19)28(37)33-25(29(38)39)17-20-9-5-2-6-10-20/h1-14,23-25,34H,15-18,30H2,(H,31,35)(H,32,36)(H,33,37)(H,38,39). The summed E-state index contributed by atoms with van der Waals surface area (Å²) in [7, 11) is 0. The first-order valence-electron chi connectivity index (χ1n) is 12.4. The molecule has 0 aliphatic carbocycles. The monoisotopic (exact) mass is 532 g/mol. The molecule has 0 radical (unpaired) electrons. The lowest BCUT2D eigenvalue weighted by Gasteiger charge is -2.25. The Balaban J connectivity index is 1.81. The largest absolute Gasteiger partial charge is 0.508 e. The summed E-state index contributed by atoms with van der Waals surface area (Å²) in [5.74, 6) is -3.04. The number of amides is 3. The molecule has 0 fully saturated rings. The number of rotatable bonds is 13. The van der Waals surface area contributed by atoms with Crippen molar-refractivity contribution in [3.8, 4) is 5.75 Å². The summed E-state index contributed by atoms with van der Waals surface area (Å²) in [5.41, 5.74) is 7.56. The first kappa shape index (κ1) is 28.9. The van der Waals surface area contributed by atoms with Crippen LogP contribution in [0.5, 0.6) is 5.75 Å². The lowest BCUT2D eigenvalue weighted by molar-refractivity contribution is -0.142. The average molecular weight is 533 g/mol. The molecule has 0 heterocycles. The Hall–Kier alpha value is -4.70. The van der Waals surface area contributed by atoms with Crippen LogP contribution >= 0.6 is 0 Å². The van der Waals surface area contributed by atoms with Gasteiger partial charge in [-0.25, -0.2) is 4.79 Å². The molecule has 10 heteroatoms. The van der Waals surface area contributed by atoms with E-state index in [9.17, 15) is 29.4 Å². The Labute approximate surface area is 226 Å². The van der Waals surface area contributed by atoms with Gasteiger partial charge < -0.3 is 31.9 Å². The van der Waals surface area contributed by atoms with Gasteiger partial charge in [0.25, 0.3) is 0 Å². The molecule has 0 bridgehead atoms. The van der Waals surface area contributed by atoms with E-state index in [0.29, 0.717) is 5.56 Å². The van der Waals surface area contributed by atoms with Gasteiger partial charge in [-0.1, -0.05) is 72.8 Å². The fraction of sp³-hybridized carbons (Fsp3) is 0.241. The van der Waals surface area contributed by atoms with E-state index >= 15 is 0 Å². The molecule has 7 N–H and O–H groups in total. The predicted molar refractivity (Wildman–Crippen MR) is 145 cm³/mol. The van der Waals surface area contributed by atoms with Crippen LogP contribution in [0.4, 0.5) is 0 Å². The highest BCUT2D eigenvalue weighted by molar-refractivity contribution is 5.94. The summed E-state index contributed by atoms with van der Waals surface area (Å²) in [6.45, 7) is -0.340. The molecule has 3 atom stereocenters. The van der Waals surface area contributed by atoms with Crippen LogP contribution in [-0.4, -0.2) is 58.6 Å². The third kappa shape index (κ3) is 9.28. The van der Waals surface area contributed by atoms with Crippen molar-refractivity contribution in [1.82, 2.24) is 16.0 Å². The average Bonchev–Trinajstić information content (AvgIpc) is 2.94. The summed E-state index contributed by atoms with van der Waals surface area (Å²) < 4.78 is 0. The lowest BCUT2D eigenvalue weighted by atomic mass is 10.0. The van der Waals surface area contributed by atoms with Gasteiger partial charge in [0.2, 0.25) is 17.7 Å². The molecular formula is C29H32N4O6. The van der Waals surface area contributed by atoms with Gasteiger partial charge in [-0.05, 0) is 28.8 Å². The van der Waals surface area contributed by atoms with E-state index in [1.807, 2.05) is 6.07 Å². The van der Waals surface area contributed by atoms with Crippen molar-refractivity contribution in [2.75, 3.05) is 6.54 Å². The van der Waals surface area contributed by atoms with Crippen LogP contribution in [0.25, 0.3) is 0 Å². The molecule has 204 valence electrons. The Kier molecular flexibility index (Phi) is 10.6. The van der Waals surface area contributed by atoms with Crippen LogP contribution in [0, 0.1) is 0 Å². The third-order valence-electron chi connectivity index (χ3n) is 6.03. The van der Waals surface area contributed by atoms with Crippen molar-refractivity contribution in [3.05, 3.63) is 102 Å². The fourth-order valence-corrected chi connectivity index (χ4v) is 3.98. The Morgan fingerprint density at radius 2 is 1.03 bits per heavy atom. The summed E-state index contributed by atoms with van der Waals surface area (Å²) in [4.78, 5) is 50.8. The van der Waals surface area contributed by atoms with Gasteiger partial charge in [-0.2, -0.15) is 0 Å². The van der Waals surface area contributed by atoms with Crippen LogP contribution in [-0.2, 0) is 38.4 Å². The van der Waals surface area contributed by atoms with Crippen LogP contribution < -0.4 is 21.7 Å². The number of benzene rings is 3. The SMILES string of the molecule is NCC(=O)NC(Cc1ccc(O)cc1)C(=O)NC(Cc1ccccc1)C(=O)NC(Cc1ccccc1)C(=O)O. The zero-order valence-corrected chi connectivity index (χ0v) is 21.2. The second kappa shape index (κ2) is 14.3. The predicted octanol–water partition coefficient (Wildman–Crippen LogP) is 0.918. The molecule has 0 spiro atoms. The molecule has 3 aromatic carbocycles. The topological polar surface area (TPSA) is 171 Å². The summed E-state index contributed by atoms with van der Waals surface area (Å²) in [5, 5.41) is 27.1.